The maximum absolute atomic E-state index is 12.6. The largest absolute Gasteiger partial charge is 0.416 e. The number of halogens is 3. The molecule has 1 saturated heterocycles. The lowest BCUT2D eigenvalue weighted by Gasteiger charge is -2.37. The van der Waals surface area contributed by atoms with Crippen LogP contribution in [-0.2, 0) is 10.9 Å². The molecule has 1 heterocycles. The zero-order valence-corrected chi connectivity index (χ0v) is 9.78. The summed E-state index contributed by atoms with van der Waals surface area (Å²) in [6, 6.07) is 5.25. The first-order chi connectivity index (χ1) is 8.52. The maximum atomic E-state index is 12.6. The lowest BCUT2D eigenvalue weighted by molar-refractivity contribution is -0.137. The molecule has 0 amide bonds. The lowest BCUT2D eigenvalue weighted by atomic mass is 10.1. The molecule has 0 aromatic heterocycles. The van der Waals surface area contributed by atoms with E-state index >= 15 is 0 Å². The summed E-state index contributed by atoms with van der Waals surface area (Å²) in [6.45, 7) is 1.87. The molecule has 0 bridgehead atoms. The molecule has 100 valence electrons. The molecule has 1 aromatic carbocycles. The molecule has 2 N–H and O–H groups in total. The van der Waals surface area contributed by atoms with Gasteiger partial charge in [-0.1, -0.05) is 6.07 Å². The van der Waals surface area contributed by atoms with E-state index in [-0.39, 0.29) is 6.04 Å². The number of nitrogens with two attached hydrogens (primary N) is 1. The summed E-state index contributed by atoms with van der Waals surface area (Å²) >= 11 is 0. The highest BCUT2D eigenvalue weighted by Gasteiger charge is 2.31. The highest BCUT2D eigenvalue weighted by Crippen LogP contribution is 2.32. The van der Waals surface area contributed by atoms with Gasteiger partial charge in [0.15, 0.2) is 0 Å². The van der Waals surface area contributed by atoms with Gasteiger partial charge in [0.2, 0.25) is 0 Å². The third-order valence-electron chi connectivity index (χ3n) is 3.00. The van der Waals surface area contributed by atoms with Crippen LogP contribution in [0, 0.1) is 0 Å². The number of hydrogen-bond acceptors (Lipinski definition) is 3. The molecule has 1 aromatic rings. The van der Waals surface area contributed by atoms with Crippen LogP contribution in [0.1, 0.15) is 5.56 Å². The van der Waals surface area contributed by atoms with E-state index < -0.39 is 11.7 Å². The van der Waals surface area contributed by atoms with Crippen LogP contribution in [0.3, 0.4) is 0 Å². The predicted octanol–water partition coefficient (Wildman–Crippen LogP) is 1.87. The Hall–Kier alpha value is -1.27. The van der Waals surface area contributed by atoms with Crippen LogP contribution in [0.25, 0.3) is 0 Å². The summed E-state index contributed by atoms with van der Waals surface area (Å²) in [4.78, 5) is 1.87. The molecular weight excluding hydrogens is 245 g/mol. The van der Waals surface area contributed by atoms with Crippen molar-refractivity contribution < 1.29 is 17.9 Å². The van der Waals surface area contributed by atoms with Crippen molar-refractivity contribution in [3.05, 3.63) is 29.8 Å². The molecule has 0 radical (unpaired) electrons. The molecule has 0 aliphatic carbocycles. The van der Waals surface area contributed by atoms with Crippen molar-refractivity contribution >= 4 is 5.69 Å². The Labute approximate surface area is 103 Å². The Morgan fingerprint density at radius 2 is 2.17 bits per heavy atom. The third kappa shape index (κ3) is 2.76. The summed E-state index contributed by atoms with van der Waals surface area (Å²) in [5.41, 5.74) is 5.52. The fourth-order valence-electron chi connectivity index (χ4n) is 2.05. The summed E-state index contributed by atoms with van der Waals surface area (Å²) in [6.07, 6.45) is -4.32. The Kier molecular flexibility index (Phi) is 3.77. The van der Waals surface area contributed by atoms with E-state index in [1.54, 1.807) is 6.07 Å². The Morgan fingerprint density at radius 3 is 2.83 bits per heavy atom. The molecule has 2 rings (SSSR count). The normalized spacial score (nSPS) is 21.1. The van der Waals surface area contributed by atoms with Crippen LogP contribution in [0.5, 0.6) is 0 Å². The molecule has 1 aliphatic heterocycles. The van der Waals surface area contributed by atoms with E-state index in [2.05, 4.69) is 0 Å². The van der Waals surface area contributed by atoms with Gasteiger partial charge in [-0.15, -0.1) is 0 Å². The van der Waals surface area contributed by atoms with Crippen molar-refractivity contribution in [3.63, 3.8) is 0 Å². The summed E-state index contributed by atoms with van der Waals surface area (Å²) in [5.74, 6) is 0. The van der Waals surface area contributed by atoms with Crippen LogP contribution < -0.4 is 10.6 Å². The van der Waals surface area contributed by atoms with Gasteiger partial charge in [0.1, 0.15) is 0 Å². The standard InChI is InChI=1S/C12H15F3N2O/c13-12(14,15)9-2-1-3-10(6-9)17-4-5-18-8-11(17)7-16/h1-3,6,11H,4-5,7-8,16H2. The van der Waals surface area contributed by atoms with Crippen LogP contribution in [0.15, 0.2) is 24.3 Å². The van der Waals surface area contributed by atoms with Gasteiger partial charge in [0, 0.05) is 18.8 Å². The lowest BCUT2D eigenvalue weighted by Crippen LogP contribution is -2.49. The predicted molar refractivity (Wildman–Crippen MR) is 62.5 cm³/mol. The second kappa shape index (κ2) is 5.16. The molecule has 1 aliphatic rings. The monoisotopic (exact) mass is 260 g/mol. The Bertz CT molecular complexity index is 409. The zero-order chi connectivity index (χ0) is 13.2. The van der Waals surface area contributed by atoms with Gasteiger partial charge >= 0.3 is 6.18 Å². The van der Waals surface area contributed by atoms with Crippen LogP contribution in [0.2, 0.25) is 0 Å². The number of benzene rings is 1. The minimum Gasteiger partial charge on any atom is -0.377 e. The summed E-state index contributed by atoms with van der Waals surface area (Å²) in [7, 11) is 0. The van der Waals surface area contributed by atoms with Gasteiger partial charge < -0.3 is 15.4 Å². The smallest absolute Gasteiger partial charge is 0.377 e. The molecule has 0 saturated carbocycles. The van der Waals surface area contributed by atoms with Gasteiger partial charge in [0.05, 0.1) is 24.8 Å². The first-order valence-corrected chi connectivity index (χ1v) is 5.74. The molecule has 1 atom stereocenters. The minimum absolute atomic E-state index is 0.0674. The van der Waals surface area contributed by atoms with Gasteiger partial charge in [-0.2, -0.15) is 13.2 Å². The SMILES string of the molecule is NCC1COCCN1c1cccc(C(F)(F)F)c1. The number of rotatable bonds is 2. The average molecular weight is 260 g/mol. The van der Waals surface area contributed by atoms with Crippen LogP contribution in [-0.4, -0.2) is 32.3 Å². The van der Waals surface area contributed by atoms with E-state index in [0.29, 0.717) is 32.0 Å². The van der Waals surface area contributed by atoms with E-state index in [1.165, 1.54) is 6.07 Å². The third-order valence-corrected chi connectivity index (χ3v) is 3.00. The number of anilines is 1. The fraction of sp³-hybridized carbons (Fsp3) is 0.500. The average Bonchev–Trinajstić information content (AvgIpc) is 2.38. The molecule has 1 unspecified atom stereocenters. The number of nitrogens with zero attached hydrogens (tertiary/aromatic N) is 1. The van der Waals surface area contributed by atoms with Crippen molar-refractivity contribution in [3.8, 4) is 0 Å². The fourth-order valence-corrected chi connectivity index (χ4v) is 2.05. The van der Waals surface area contributed by atoms with Crippen LogP contribution in [0.4, 0.5) is 18.9 Å². The van der Waals surface area contributed by atoms with E-state index in [4.69, 9.17) is 10.5 Å². The van der Waals surface area contributed by atoms with Crippen molar-refractivity contribution in [1.29, 1.82) is 0 Å². The first-order valence-electron chi connectivity index (χ1n) is 5.74. The number of hydrogen-bond donors (Lipinski definition) is 1. The molecule has 1 fully saturated rings. The Morgan fingerprint density at radius 1 is 1.39 bits per heavy atom. The second-order valence-electron chi connectivity index (χ2n) is 4.21. The van der Waals surface area contributed by atoms with Crippen molar-refractivity contribution in [1.82, 2.24) is 0 Å². The molecule has 18 heavy (non-hydrogen) atoms. The highest BCUT2D eigenvalue weighted by atomic mass is 19.4. The van der Waals surface area contributed by atoms with E-state index in [9.17, 15) is 13.2 Å². The van der Waals surface area contributed by atoms with Gasteiger partial charge in [-0.25, -0.2) is 0 Å². The number of alkyl halides is 3. The topological polar surface area (TPSA) is 38.5 Å². The van der Waals surface area contributed by atoms with Crippen molar-refractivity contribution in [2.45, 2.75) is 12.2 Å². The molecular formula is C12H15F3N2O. The van der Waals surface area contributed by atoms with Crippen LogP contribution >= 0.6 is 0 Å². The molecule has 3 nitrogen and oxygen atoms in total. The number of morpholine rings is 1. The summed E-state index contributed by atoms with van der Waals surface area (Å²) < 4.78 is 43.2. The minimum atomic E-state index is -4.32. The van der Waals surface area contributed by atoms with Gasteiger partial charge in [0.25, 0.3) is 0 Å². The molecule has 6 heteroatoms. The van der Waals surface area contributed by atoms with Crippen molar-refractivity contribution in [2.24, 2.45) is 5.73 Å². The van der Waals surface area contributed by atoms with Gasteiger partial charge in [-0.05, 0) is 18.2 Å². The van der Waals surface area contributed by atoms with E-state index in [1.807, 2.05) is 4.90 Å². The second-order valence-corrected chi connectivity index (χ2v) is 4.21. The first kappa shape index (κ1) is 13.2. The quantitative estimate of drug-likeness (QED) is 0.882. The summed E-state index contributed by atoms with van der Waals surface area (Å²) in [5, 5.41) is 0. The maximum Gasteiger partial charge on any atom is 0.416 e. The van der Waals surface area contributed by atoms with Gasteiger partial charge in [-0.3, -0.25) is 0 Å². The Balaban J connectivity index is 2.27. The number of ether oxygens (including phenoxy) is 1. The van der Waals surface area contributed by atoms with E-state index in [0.717, 1.165) is 12.1 Å². The highest BCUT2D eigenvalue weighted by molar-refractivity contribution is 5.50. The van der Waals surface area contributed by atoms with Crippen molar-refractivity contribution in [2.75, 3.05) is 31.2 Å². The zero-order valence-electron chi connectivity index (χ0n) is 9.78. The molecule has 0 spiro atoms.